The van der Waals surface area contributed by atoms with E-state index >= 15 is 0 Å². The molecule has 4 heteroatoms. The maximum Gasteiger partial charge on any atom is 0.0702 e. The van der Waals surface area contributed by atoms with Crippen molar-refractivity contribution in [2.24, 2.45) is 0 Å². The molecule has 0 aliphatic carbocycles. The van der Waals surface area contributed by atoms with E-state index in [1.165, 1.54) is 0 Å². The Kier molecular flexibility index (Phi) is 2.78. The number of nitrogen functional groups attached to an aromatic ring is 1. The zero-order valence-electron chi connectivity index (χ0n) is 7.40. The first-order valence-electron chi connectivity index (χ1n) is 4.02. The summed E-state index contributed by atoms with van der Waals surface area (Å²) < 4.78 is 1.94. The van der Waals surface area contributed by atoms with Gasteiger partial charge in [-0.1, -0.05) is 0 Å². The van der Waals surface area contributed by atoms with Crippen molar-refractivity contribution in [2.75, 3.05) is 5.73 Å². The summed E-state index contributed by atoms with van der Waals surface area (Å²) in [7, 11) is 0. The molecule has 0 radical (unpaired) electrons. The molecule has 13 heavy (non-hydrogen) atoms. The molecule has 2 N–H and O–H groups in total. The molecule has 0 aliphatic heterocycles. The van der Waals surface area contributed by atoms with Crippen LogP contribution in [0.1, 0.15) is 6.92 Å². The third-order valence-corrected chi connectivity index (χ3v) is 1.97. The van der Waals surface area contributed by atoms with Gasteiger partial charge in [-0.15, -0.1) is 12.4 Å². The van der Waals surface area contributed by atoms with Crippen LogP contribution in [0.25, 0.3) is 10.9 Å². The Bertz CT molecular complexity index is 408. The molecule has 2 rings (SSSR count). The number of rotatable bonds is 1. The van der Waals surface area contributed by atoms with E-state index in [4.69, 9.17) is 5.73 Å². The first-order chi connectivity index (χ1) is 5.81. The van der Waals surface area contributed by atoms with Crippen LogP contribution < -0.4 is 5.73 Å². The minimum absolute atomic E-state index is 0. The minimum Gasteiger partial charge on any atom is -0.399 e. The summed E-state index contributed by atoms with van der Waals surface area (Å²) in [6, 6.07) is 5.83. The van der Waals surface area contributed by atoms with Crippen LogP contribution in [0.3, 0.4) is 0 Å². The smallest absolute Gasteiger partial charge is 0.0702 e. The third-order valence-electron chi connectivity index (χ3n) is 1.97. The molecule has 3 nitrogen and oxygen atoms in total. The molecule has 1 aromatic heterocycles. The Morgan fingerprint density at radius 1 is 1.46 bits per heavy atom. The normalized spacial score (nSPS) is 9.92. The Balaban J connectivity index is 0.000000845. The standard InChI is InChI=1S/C9H11N3.ClH/c1-2-12-9-5-8(10)4-3-7(9)6-11-12;/h3-6H,2,10H2,1H3;1H. The van der Waals surface area contributed by atoms with Gasteiger partial charge in [0.2, 0.25) is 0 Å². The predicted molar refractivity (Wildman–Crippen MR) is 57.1 cm³/mol. The summed E-state index contributed by atoms with van der Waals surface area (Å²) >= 11 is 0. The lowest BCUT2D eigenvalue weighted by Crippen LogP contribution is -1.95. The third kappa shape index (κ3) is 1.60. The highest BCUT2D eigenvalue weighted by atomic mass is 35.5. The number of hydrogen-bond acceptors (Lipinski definition) is 2. The van der Waals surface area contributed by atoms with Crippen molar-refractivity contribution in [3.63, 3.8) is 0 Å². The quantitative estimate of drug-likeness (QED) is 0.712. The van der Waals surface area contributed by atoms with Crippen LogP contribution in [0, 0.1) is 0 Å². The second-order valence-corrected chi connectivity index (χ2v) is 2.78. The largest absolute Gasteiger partial charge is 0.399 e. The number of halogens is 1. The summed E-state index contributed by atoms with van der Waals surface area (Å²) in [5.41, 5.74) is 7.56. The fourth-order valence-corrected chi connectivity index (χ4v) is 1.34. The number of nitrogens with two attached hydrogens (primary N) is 1. The molecule has 0 amide bonds. The Labute approximate surface area is 82.9 Å². The van der Waals surface area contributed by atoms with E-state index in [-0.39, 0.29) is 12.4 Å². The maximum atomic E-state index is 5.67. The number of anilines is 1. The van der Waals surface area contributed by atoms with Gasteiger partial charge in [-0.05, 0) is 25.1 Å². The lowest BCUT2D eigenvalue weighted by molar-refractivity contribution is 0.684. The summed E-state index contributed by atoms with van der Waals surface area (Å²) in [6.45, 7) is 2.95. The van der Waals surface area contributed by atoms with E-state index in [0.29, 0.717) is 0 Å². The fraction of sp³-hybridized carbons (Fsp3) is 0.222. The van der Waals surface area contributed by atoms with Crippen molar-refractivity contribution in [1.82, 2.24) is 9.78 Å². The van der Waals surface area contributed by atoms with Crippen LogP contribution in [0.4, 0.5) is 5.69 Å². The molecule has 1 aromatic carbocycles. The van der Waals surface area contributed by atoms with Gasteiger partial charge in [0.15, 0.2) is 0 Å². The predicted octanol–water partition coefficient (Wildman–Crippen LogP) is 2.06. The van der Waals surface area contributed by atoms with E-state index in [1.54, 1.807) is 0 Å². The zero-order valence-corrected chi connectivity index (χ0v) is 8.21. The van der Waals surface area contributed by atoms with E-state index < -0.39 is 0 Å². The molecular weight excluding hydrogens is 186 g/mol. The Morgan fingerprint density at radius 2 is 2.23 bits per heavy atom. The highest BCUT2D eigenvalue weighted by Gasteiger charge is 1.99. The SMILES string of the molecule is CCn1ncc2ccc(N)cc21.Cl. The average molecular weight is 198 g/mol. The lowest BCUT2D eigenvalue weighted by atomic mass is 10.2. The monoisotopic (exact) mass is 197 g/mol. The van der Waals surface area contributed by atoms with Gasteiger partial charge in [0.05, 0.1) is 11.7 Å². The van der Waals surface area contributed by atoms with Crippen LogP contribution >= 0.6 is 12.4 Å². The molecule has 0 spiro atoms. The van der Waals surface area contributed by atoms with Crippen molar-refractivity contribution in [2.45, 2.75) is 13.5 Å². The second-order valence-electron chi connectivity index (χ2n) is 2.78. The number of aryl methyl sites for hydroxylation is 1. The highest BCUT2D eigenvalue weighted by molar-refractivity contribution is 5.85. The molecule has 2 aromatic rings. The molecule has 1 heterocycles. The molecule has 0 saturated carbocycles. The highest BCUT2D eigenvalue weighted by Crippen LogP contribution is 2.16. The lowest BCUT2D eigenvalue weighted by Gasteiger charge is -1.98. The first-order valence-corrected chi connectivity index (χ1v) is 4.02. The van der Waals surface area contributed by atoms with Gasteiger partial charge in [-0.2, -0.15) is 5.10 Å². The van der Waals surface area contributed by atoms with Gasteiger partial charge in [-0.3, -0.25) is 4.68 Å². The molecule has 0 aliphatic rings. The van der Waals surface area contributed by atoms with Crippen LogP contribution in [0.15, 0.2) is 24.4 Å². The van der Waals surface area contributed by atoms with Gasteiger partial charge in [-0.25, -0.2) is 0 Å². The number of benzene rings is 1. The topological polar surface area (TPSA) is 43.8 Å². The number of nitrogens with zero attached hydrogens (tertiary/aromatic N) is 2. The molecule has 0 bridgehead atoms. The molecule has 0 saturated heterocycles. The first kappa shape index (κ1) is 9.86. The maximum absolute atomic E-state index is 5.67. The van der Waals surface area contributed by atoms with Crippen molar-refractivity contribution in [3.8, 4) is 0 Å². The summed E-state index contributed by atoms with van der Waals surface area (Å²) in [6.07, 6.45) is 1.86. The zero-order chi connectivity index (χ0) is 8.55. The van der Waals surface area contributed by atoms with E-state index in [9.17, 15) is 0 Å². The summed E-state index contributed by atoms with van der Waals surface area (Å²) in [5.74, 6) is 0. The number of hydrogen-bond donors (Lipinski definition) is 1. The van der Waals surface area contributed by atoms with Crippen molar-refractivity contribution >= 4 is 29.0 Å². The van der Waals surface area contributed by atoms with Gasteiger partial charge in [0.25, 0.3) is 0 Å². The van der Waals surface area contributed by atoms with Gasteiger partial charge in [0, 0.05) is 17.6 Å². The van der Waals surface area contributed by atoms with Crippen LogP contribution in [0.2, 0.25) is 0 Å². The average Bonchev–Trinajstić information content (AvgIpc) is 2.46. The Morgan fingerprint density at radius 3 is 2.92 bits per heavy atom. The molecule has 70 valence electrons. The van der Waals surface area contributed by atoms with Crippen molar-refractivity contribution in [3.05, 3.63) is 24.4 Å². The molecular formula is C9H12ClN3. The van der Waals surface area contributed by atoms with Crippen LogP contribution in [-0.4, -0.2) is 9.78 Å². The van der Waals surface area contributed by atoms with E-state index in [2.05, 4.69) is 12.0 Å². The number of aromatic nitrogens is 2. The van der Waals surface area contributed by atoms with Crippen LogP contribution in [-0.2, 0) is 6.54 Å². The van der Waals surface area contributed by atoms with Gasteiger partial charge in [0.1, 0.15) is 0 Å². The van der Waals surface area contributed by atoms with Crippen molar-refractivity contribution < 1.29 is 0 Å². The van der Waals surface area contributed by atoms with Gasteiger partial charge >= 0.3 is 0 Å². The molecule has 0 unspecified atom stereocenters. The van der Waals surface area contributed by atoms with Crippen molar-refractivity contribution in [1.29, 1.82) is 0 Å². The molecule has 0 atom stereocenters. The number of fused-ring (bicyclic) bond motifs is 1. The Hall–Kier alpha value is -1.22. The minimum atomic E-state index is 0. The van der Waals surface area contributed by atoms with E-state index in [1.807, 2.05) is 29.1 Å². The van der Waals surface area contributed by atoms with Gasteiger partial charge < -0.3 is 5.73 Å². The van der Waals surface area contributed by atoms with E-state index in [0.717, 1.165) is 23.1 Å². The second kappa shape index (κ2) is 3.66. The summed E-state index contributed by atoms with van der Waals surface area (Å²) in [5, 5.41) is 5.36. The molecule has 0 fully saturated rings. The summed E-state index contributed by atoms with van der Waals surface area (Å²) in [4.78, 5) is 0. The van der Waals surface area contributed by atoms with Crippen LogP contribution in [0.5, 0.6) is 0 Å². The fourth-order valence-electron chi connectivity index (χ4n) is 1.34.